The number of rotatable bonds is 6. The van der Waals surface area contributed by atoms with E-state index in [4.69, 9.17) is 0 Å². The van der Waals surface area contributed by atoms with Gasteiger partial charge in [0.1, 0.15) is 0 Å². The Hall–Kier alpha value is -0.264. The molecule has 0 aliphatic rings. The smallest absolute Gasteiger partial charge is 0.548 e. The summed E-state index contributed by atoms with van der Waals surface area (Å²) in [5.74, 6) is -0.837. The molecule has 0 N–H and O–H groups in total. The monoisotopic (exact) mass is 283 g/mol. The molecule has 0 bridgehead atoms. The van der Waals surface area contributed by atoms with Gasteiger partial charge in [0.2, 0.25) is 0 Å². The summed E-state index contributed by atoms with van der Waals surface area (Å²) in [4.78, 5) is 14.9. The third kappa shape index (κ3) is 8.50. The summed E-state index contributed by atoms with van der Waals surface area (Å²) < 4.78 is 0. The molecule has 0 aliphatic heterocycles. The number of nitrogens with zero attached hydrogens (tertiary/aromatic N) is 1. The Morgan fingerprint density at radius 1 is 1.32 bits per heavy atom. The van der Waals surface area contributed by atoms with E-state index in [1.54, 1.807) is 6.08 Å². The maximum Gasteiger partial charge on any atom is 1.00 e. The van der Waals surface area contributed by atoms with Crippen molar-refractivity contribution >= 4 is 18.3 Å². The predicted molar refractivity (Wildman–Crippen MR) is 72.2 cm³/mol. The van der Waals surface area contributed by atoms with Gasteiger partial charge in [-0.3, -0.25) is 4.99 Å². The van der Waals surface area contributed by atoms with Crippen LogP contribution < -0.4 is 56.5 Å². The van der Waals surface area contributed by atoms with Crippen molar-refractivity contribution in [1.82, 2.24) is 0 Å². The summed E-state index contributed by atoms with van der Waals surface area (Å²) in [5.41, 5.74) is 1.05. The Bertz CT molecular complexity index is 427. The van der Waals surface area contributed by atoms with Gasteiger partial charge in [-0.1, -0.05) is 50.3 Å². The molecule has 0 heterocycles. The maximum absolute atomic E-state index is 10.9. The molecule has 0 aliphatic carbocycles. The van der Waals surface area contributed by atoms with Gasteiger partial charge in [0.05, 0.1) is 12.0 Å². The van der Waals surface area contributed by atoms with Gasteiger partial charge in [-0.15, -0.1) is 0 Å². The summed E-state index contributed by atoms with van der Waals surface area (Å²) in [6.45, 7) is 3.93. The fourth-order valence-electron chi connectivity index (χ4n) is 1.54. The van der Waals surface area contributed by atoms with E-state index in [0.29, 0.717) is 6.42 Å². The summed E-state index contributed by atoms with van der Waals surface area (Å²) in [5, 5.41) is 10.9. The number of aliphatic imine (C=N–C) groups is 1. The summed E-state index contributed by atoms with van der Waals surface area (Å²) in [6, 6.07) is 9.01. The fraction of sp³-hybridized carbons (Fsp3) is 0.333. The average molecular weight is 283 g/mol. The number of hydrogen-bond acceptors (Lipinski definition) is 3. The van der Waals surface area contributed by atoms with Crippen LogP contribution in [0, 0.1) is 5.92 Å². The van der Waals surface area contributed by atoms with Crippen molar-refractivity contribution in [2.45, 2.75) is 26.3 Å². The first-order valence-electron chi connectivity index (χ1n) is 6.05. The molecule has 0 saturated carbocycles. The standard InChI is InChI=1S/C15H19NO2.K/c1-12(2)11-14(15(17)18)16-10-6-9-13-7-4-3-5-8-13;/h3-10,12,14H,11H2,1-2H3,(H,17,18);/q;+1/p-1/b9-6+,16-10?;. The molecule has 1 unspecified atom stereocenters. The van der Waals surface area contributed by atoms with Gasteiger partial charge in [-0.05, 0) is 24.0 Å². The van der Waals surface area contributed by atoms with E-state index in [2.05, 4.69) is 4.99 Å². The molecule has 0 fully saturated rings. The van der Waals surface area contributed by atoms with Crippen molar-refractivity contribution in [3.8, 4) is 0 Å². The first-order chi connectivity index (χ1) is 8.59. The van der Waals surface area contributed by atoms with Crippen molar-refractivity contribution in [2.75, 3.05) is 0 Å². The number of carboxylic acids is 1. The minimum absolute atomic E-state index is 0. The van der Waals surface area contributed by atoms with Crippen LogP contribution in [0.5, 0.6) is 0 Å². The zero-order valence-corrected chi connectivity index (χ0v) is 14.9. The molecular formula is C15H18KNO2. The summed E-state index contributed by atoms with van der Waals surface area (Å²) >= 11 is 0. The Balaban J connectivity index is 0.00000324. The van der Waals surface area contributed by atoms with Gasteiger partial charge < -0.3 is 9.90 Å². The van der Waals surface area contributed by atoms with E-state index in [1.807, 2.05) is 50.3 Å². The van der Waals surface area contributed by atoms with Crippen molar-refractivity contribution in [3.05, 3.63) is 42.0 Å². The van der Waals surface area contributed by atoms with Gasteiger partial charge >= 0.3 is 51.4 Å². The Morgan fingerprint density at radius 3 is 2.47 bits per heavy atom. The van der Waals surface area contributed by atoms with Crippen molar-refractivity contribution < 1.29 is 61.3 Å². The van der Waals surface area contributed by atoms with Gasteiger partial charge in [0.15, 0.2) is 0 Å². The van der Waals surface area contributed by atoms with Crippen LogP contribution in [0.1, 0.15) is 25.8 Å². The molecule has 1 aromatic carbocycles. The predicted octanol–water partition coefficient (Wildman–Crippen LogP) is -1.06. The molecule has 0 spiro atoms. The quantitative estimate of drug-likeness (QED) is 0.494. The number of carbonyl (C=O) groups excluding carboxylic acids is 1. The molecule has 19 heavy (non-hydrogen) atoms. The molecule has 0 aromatic heterocycles. The van der Waals surface area contributed by atoms with Crippen LogP contribution in [0.15, 0.2) is 41.4 Å². The minimum atomic E-state index is -1.12. The van der Waals surface area contributed by atoms with Crippen LogP contribution in [0.2, 0.25) is 0 Å². The number of hydrogen-bond donors (Lipinski definition) is 0. The second-order valence-corrected chi connectivity index (χ2v) is 4.53. The van der Waals surface area contributed by atoms with Crippen LogP contribution in [0.4, 0.5) is 0 Å². The van der Waals surface area contributed by atoms with Crippen molar-refractivity contribution in [1.29, 1.82) is 0 Å². The zero-order valence-electron chi connectivity index (χ0n) is 11.7. The van der Waals surface area contributed by atoms with Crippen LogP contribution in [0.25, 0.3) is 6.08 Å². The minimum Gasteiger partial charge on any atom is -0.548 e. The molecule has 96 valence electrons. The Labute approximate surface area is 157 Å². The Kier molecular flexibility index (Phi) is 10.4. The molecular weight excluding hydrogens is 265 g/mol. The largest absolute Gasteiger partial charge is 1.00 e. The second-order valence-electron chi connectivity index (χ2n) is 4.53. The Morgan fingerprint density at radius 2 is 1.95 bits per heavy atom. The summed E-state index contributed by atoms with van der Waals surface area (Å²) in [6.07, 6.45) is 5.64. The number of carbonyl (C=O) groups is 1. The molecule has 0 saturated heterocycles. The topological polar surface area (TPSA) is 52.5 Å². The second kappa shape index (κ2) is 10.5. The van der Waals surface area contributed by atoms with Gasteiger partial charge in [-0.2, -0.15) is 0 Å². The number of aliphatic carboxylic acids is 1. The van der Waals surface area contributed by atoms with E-state index >= 15 is 0 Å². The molecule has 0 radical (unpaired) electrons. The SMILES string of the molecule is CC(C)CC(N=C/C=C/c1ccccc1)C(=O)[O-].[K+]. The molecule has 0 amide bonds. The average Bonchev–Trinajstić information content (AvgIpc) is 2.33. The van der Waals surface area contributed by atoms with E-state index in [0.717, 1.165) is 5.56 Å². The van der Waals surface area contributed by atoms with E-state index in [9.17, 15) is 9.90 Å². The van der Waals surface area contributed by atoms with Crippen molar-refractivity contribution in [2.24, 2.45) is 10.9 Å². The van der Waals surface area contributed by atoms with E-state index in [-0.39, 0.29) is 57.3 Å². The van der Waals surface area contributed by atoms with E-state index < -0.39 is 12.0 Å². The van der Waals surface area contributed by atoms with E-state index in [1.165, 1.54) is 6.21 Å². The maximum atomic E-state index is 10.9. The molecule has 1 atom stereocenters. The third-order valence-electron chi connectivity index (χ3n) is 2.41. The first kappa shape index (κ1) is 18.7. The van der Waals surface area contributed by atoms with Gasteiger partial charge in [0, 0.05) is 6.21 Å². The molecule has 3 nitrogen and oxygen atoms in total. The third-order valence-corrected chi connectivity index (χ3v) is 2.41. The number of allylic oxidation sites excluding steroid dienone is 1. The van der Waals surface area contributed by atoms with Crippen LogP contribution in [0.3, 0.4) is 0 Å². The first-order valence-corrected chi connectivity index (χ1v) is 6.05. The number of carboxylic acid groups (broad SMARTS) is 1. The van der Waals surface area contributed by atoms with Crippen LogP contribution >= 0.6 is 0 Å². The normalized spacial score (nSPS) is 12.8. The molecule has 1 rings (SSSR count). The zero-order chi connectivity index (χ0) is 13.4. The van der Waals surface area contributed by atoms with Gasteiger partial charge in [-0.25, -0.2) is 0 Å². The molecule has 4 heteroatoms. The fourth-order valence-corrected chi connectivity index (χ4v) is 1.54. The van der Waals surface area contributed by atoms with Gasteiger partial charge in [0.25, 0.3) is 0 Å². The van der Waals surface area contributed by atoms with Crippen molar-refractivity contribution in [3.63, 3.8) is 0 Å². The molecule has 1 aromatic rings. The number of benzene rings is 1. The summed E-state index contributed by atoms with van der Waals surface area (Å²) in [7, 11) is 0. The van der Waals surface area contributed by atoms with Crippen LogP contribution in [-0.2, 0) is 4.79 Å². The van der Waals surface area contributed by atoms with Crippen LogP contribution in [-0.4, -0.2) is 18.2 Å².